The molecule has 0 heterocycles. The molecule has 0 unspecified atom stereocenters. The highest BCUT2D eigenvalue weighted by Gasteiger charge is 2.10. The molecule has 5 heteroatoms. The lowest BCUT2D eigenvalue weighted by Crippen LogP contribution is -2.23. The minimum absolute atomic E-state index is 0.0973. The first kappa shape index (κ1) is 20.3. The van der Waals surface area contributed by atoms with Crippen molar-refractivity contribution in [1.29, 1.82) is 0 Å². The molecule has 29 heavy (non-hydrogen) atoms. The Morgan fingerprint density at radius 1 is 0.828 bits per heavy atom. The summed E-state index contributed by atoms with van der Waals surface area (Å²) in [5, 5.41) is 5.52. The first-order valence-electron chi connectivity index (χ1n) is 9.47. The largest absolute Gasteiger partial charge is 0.348 e. The van der Waals surface area contributed by atoms with Gasteiger partial charge in [-0.25, -0.2) is 4.39 Å². The zero-order valence-corrected chi connectivity index (χ0v) is 16.4. The molecule has 0 saturated heterocycles. The van der Waals surface area contributed by atoms with Crippen LogP contribution < -0.4 is 10.6 Å². The van der Waals surface area contributed by atoms with E-state index < -0.39 is 0 Å². The molecule has 0 aromatic heterocycles. The van der Waals surface area contributed by atoms with Crippen LogP contribution in [0.3, 0.4) is 0 Å². The van der Waals surface area contributed by atoms with E-state index in [1.165, 1.54) is 11.6 Å². The molecule has 2 N–H and O–H groups in total. The van der Waals surface area contributed by atoms with Crippen molar-refractivity contribution in [3.63, 3.8) is 0 Å². The summed E-state index contributed by atoms with van der Waals surface area (Å²) in [6.45, 7) is 4.32. The Hall–Kier alpha value is -3.47. The van der Waals surface area contributed by atoms with Gasteiger partial charge in [0.05, 0.1) is 0 Å². The van der Waals surface area contributed by atoms with Gasteiger partial charge < -0.3 is 10.6 Å². The fourth-order valence-corrected chi connectivity index (χ4v) is 2.85. The number of hydrogen-bond donors (Lipinski definition) is 2. The van der Waals surface area contributed by atoms with Gasteiger partial charge in [-0.05, 0) is 53.9 Å². The van der Waals surface area contributed by atoms with Crippen LogP contribution in [0.2, 0.25) is 0 Å². The monoisotopic (exact) mass is 390 g/mol. The minimum Gasteiger partial charge on any atom is -0.348 e. The number of halogens is 1. The second-order valence-corrected chi connectivity index (χ2v) is 7.08. The van der Waals surface area contributed by atoms with Gasteiger partial charge in [0.25, 0.3) is 11.8 Å². The zero-order valence-electron chi connectivity index (χ0n) is 16.4. The first-order valence-corrected chi connectivity index (χ1v) is 9.47. The third-order valence-corrected chi connectivity index (χ3v) is 4.64. The summed E-state index contributed by atoms with van der Waals surface area (Å²) in [5.74, 6) is -0.511. The molecular formula is C24H23FN2O2. The van der Waals surface area contributed by atoms with Crippen LogP contribution in [0.15, 0.2) is 72.8 Å². The fraction of sp³-hybridized carbons (Fsp3) is 0.167. The van der Waals surface area contributed by atoms with E-state index in [1.54, 1.807) is 42.5 Å². The van der Waals surface area contributed by atoms with Crippen molar-refractivity contribution in [2.24, 2.45) is 0 Å². The molecule has 0 spiro atoms. The second-order valence-electron chi connectivity index (χ2n) is 7.08. The summed E-state index contributed by atoms with van der Waals surface area (Å²) >= 11 is 0. The predicted molar refractivity (Wildman–Crippen MR) is 112 cm³/mol. The summed E-state index contributed by atoms with van der Waals surface area (Å²) in [5.41, 5.74) is 3.18. The Morgan fingerprint density at radius 3 is 2.00 bits per heavy atom. The van der Waals surface area contributed by atoms with E-state index in [2.05, 4.69) is 24.5 Å². The van der Waals surface area contributed by atoms with Crippen LogP contribution in [0.4, 0.5) is 10.1 Å². The maximum absolute atomic E-state index is 13.6. The van der Waals surface area contributed by atoms with E-state index in [1.807, 2.05) is 24.3 Å². The minimum atomic E-state index is -0.360. The predicted octanol–water partition coefficient (Wildman–Crippen LogP) is 5.13. The lowest BCUT2D eigenvalue weighted by Gasteiger charge is -2.09. The fourth-order valence-electron chi connectivity index (χ4n) is 2.85. The molecule has 0 aliphatic carbocycles. The second kappa shape index (κ2) is 9.15. The van der Waals surface area contributed by atoms with Crippen molar-refractivity contribution in [1.82, 2.24) is 5.32 Å². The van der Waals surface area contributed by atoms with Crippen LogP contribution in [-0.4, -0.2) is 11.8 Å². The Labute approximate surface area is 169 Å². The summed E-state index contributed by atoms with van der Waals surface area (Å²) in [6, 6.07) is 20.4. The van der Waals surface area contributed by atoms with Crippen LogP contribution >= 0.6 is 0 Å². The number of hydrogen-bond acceptors (Lipinski definition) is 2. The molecule has 0 aliphatic heterocycles. The number of carbonyl (C=O) groups is 2. The van der Waals surface area contributed by atoms with E-state index >= 15 is 0 Å². The van der Waals surface area contributed by atoms with Crippen molar-refractivity contribution in [2.75, 3.05) is 5.32 Å². The van der Waals surface area contributed by atoms with Gasteiger partial charge >= 0.3 is 0 Å². The molecule has 148 valence electrons. The van der Waals surface area contributed by atoms with Gasteiger partial charge in [-0.1, -0.05) is 44.2 Å². The third kappa shape index (κ3) is 5.29. The third-order valence-electron chi connectivity index (χ3n) is 4.64. The van der Waals surface area contributed by atoms with Crippen LogP contribution in [0, 0.1) is 5.82 Å². The van der Waals surface area contributed by atoms with E-state index in [9.17, 15) is 14.0 Å². The summed E-state index contributed by atoms with van der Waals surface area (Å²) in [4.78, 5) is 24.7. The molecule has 2 amide bonds. The Balaban J connectivity index is 1.59. The van der Waals surface area contributed by atoms with Gasteiger partial charge in [0, 0.05) is 28.9 Å². The van der Waals surface area contributed by atoms with Crippen molar-refractivity contribution in [2.45, 2.75) is 26.3 Å². The van der Waals surface area contributed by atoms with Crippen molar-refractivity contribution >= 4 is 17.5 Å². The Morgan fingerprint density at radius 2 is 1.41 bits per heavy atom. The molecule has 0 bridgehead atoms. The highest BCUT2D eigenvalue weighted by Crippen LogP contribution is 2.18. The number of carbonyl (C=O) groups excluding carboxylic acids is 2. The lowest BCUT2D eigenvalue weighted by atomic mass is 10.0. The first-order chi connectivity index (χ1) is 13.9. The van der Waals surface area contributed by atoms with Gasteiger partial charge in [-0.15, -0.1) is 0 Å². The van der Waals surface area contributed by atoms with Gasteiger partial charge in [-0.3, -0.25) is 9.59 Å². The van der Waals surface area contributed by atoms with Crippen molar-refractivity contribution in [3.05, 3.63) is 101 Å². The lowest BCUT2D eigenvalue weighted by molar-refractivity contribution is 0.0948. The van der Waals surface area contributed by atoms with Crippen molar-refractivity contribution < 1.29 is 14.0 Å². The van der Waals surface area contributed by atoms with Gasteiger partial charge in [0.15, 0.2) is 0 Å². The Bertz CT molecular complexity index is 996. The molecule has 3 rings (SSSR count). The Kier molecular flexibility index (Phi) is 6.39. The maximum Gasteiger partial charge on any atom is 0.255 e. The molecule has 3 aromatic carbocycles. The number of nitrogens with one attached hydrogen (secondary N) is 2. The zero-order chi connectivity index (χ0) is 20.8. The number of amides is 2. The molecule has 0 fully saturated rings. The molecule has 4 nitrogen and oxygen atoms in total. The average Bonchev–Trinajstić information content (AvgIpc) is 2.73. The summed E-state index contributed by atoms with van der Waals surface area (Å²) in [7, 11) is 0. The van der Waals surface area contributed by atoms with Gasteiger partial charge in [0.2, 0.25) is 0 Å². The molecule has 0 saturated carbocycles. The summed E-state index contributed by atoms with van der Waals surface area (Å²) < 4.78 is 13.6. The van der Waals surface area contributed by atoms with E-state index in [0.717, 1.165) is 0 Å². The SMILES string of the molecule is CC(C)c1ccc(NC(=O)c2ccc(C(=O)NCc3ccccc3F)cc2)cc1. The van der Waals surface area contributed by atoms with Crippen LogP contribution in [0.1, 0.15) is 51.6 Å². The van der Waals surface area contributed by atoms with Crippen LogP contribution in [0.25, 0.3) is 0 Å². The van der Waals surface area contributed by atoms with Crippen LogP contribution in [0.5, 0.6) is 0 Å². The average molecular weight is 390 g/mol. The topological polar surface area (TPSA) is 58.2 Å². The van der Waals surface area contributed by atoms with Crippen molar-refractivity contribution in [3.8, 4) is 0 Å². The molecule has 0 atom stereocenters. The number of benzene rings is 3. The molecule has 0 aliphatic rings. The normalized spacial score (nSPS) is 10.6. The molecule has 0 radical (unpaired) electrons. The number of rotatable bonds is 6. The van der Waals surface area contributed by atoms with E-state index in [4.69, 9.17) is 0 Å². The van der Waals surface area contributed by atoms with Crippen LogP contribution in [-0.2, 0) is 6.54 Å². The van der Waals surface area contributed by atoms with Gasteiger partial charge in [-0.2, -0.15) is 0 Å². The standard InChI is InChI=1S/C24H23FN2O2/c1-16(2)17-11-13-21(14-12-17)27-24(29)19-9-7-18(8-10-19)23(28)26-15-20-5-3-4-6-22(20)25/h3-14,16H,15H2,1-2H3,(H,26,28)(H,27,29). The maximum atomic E-state index is 13.6. The van der Waals surface area contributed by atoms with E-state index in [-0.39, 0.29) is 24.2 Å². The van der Waals surface area contributed by atoms with Gasteiger partial charge in [0.1, 0.15) is 5.82 Å². The molecular weight excluding hydrogens is 367 g/mol. The highest BCUT2D eigenvalue weighted by atomic mass is 19.1. The molecule has 3 aromatic rings. The highest BCUT2D eigenvalue weighted by molar-refractivity contribution is 6.05. The smallest absolute Gasteiger partial charge is 0.255 e. The quantitative estimate of drug-likeness (QED) is 0.613. The van der Waals surface area contributed by atoms with E-state index in [0.29, 0.717) is 28.3 Å². The number of anilines is 1. The summed E-state index contributed by atoms with van der Waals surface area (Å²) in [6.07, 6.45) is 0.